The van der Waals surface area contributed by atoms with Crippen molar-refractivity contribution in [3.05, 3.63) is 83.7 Å². The molecule has 2 aromatic rings. The van der Waals surface area contributed by atoms with Gasteiger partial charge in [-0.1, -0.05) is 53.7 Å². The second-order valence-corrected chi connectivity index (χ2v) is 7.48. The summed E-state index contributed by atoms with van der Waals surface area (Å²) in [5.74, 6) is -1.17. The maximum atomic E-state index is 12.8. The molecule has 1 unspecified atom stereocenters. The summed E-state index contributed by atoms with van der Waals surface area (Å²) in [6.45, 7) is 6.44. The van der Waals surface area contributed by atoms with Gasteiger partial charge in [-0.3, -0.25) is 9.78 Å². The molecule has 0 fully saturated rings. The number of para-hydroxylation sites is 1. The number of carbonyl (C=O) groups excluding carboxylic acids is 1. The standard InChI is InChI=1S/C24H28N2O2S/c1-18(2)10-9-11-19(3)15-17-28-24(27)22(21-14-7-8-16-25-21)23(29)26-20-12-5-4-6-13-20/h4-8,10,12-16,22H,9,11,17H2,1-3H3,(H,26,29). The van der Waals surface area contributed by atoms with Gasteiger partial charge in [-0.25, -0.2) is 0 Å². The molecule has 0 amide bonds. The van der Waals surface area contributed by atoms with Crippen molar-refractivity contribution in [1.82, 2.24) is 4.98 Å². The van der Waals surface area contributed by atoms with Gasteiger partial charge >= 0.3 is 5.97 Å². The highest BCUT2D eigenvalue weighted by molar-refractivity contribution is 7.80. The van der Waals surface area contributed by atoms with Crippen molar-refractivity contribution in [2.45, 2.75) is 39.5 Å². The van der Waals surface area contributed by atoms with Gasteiger partial charge in [0.25, 0.3) is 0 Å². The second-order valence-electron chi connectivity index (χ2n) is 7.04. The van der Waals surface area contributed by atoms with Crippen LogP contribution in [0.1, 0.15) is 45.2 Å². The summed E-state index contributed by atoms with van der Waals surface area (Å²) in [5.41, 5.74) is 3.88. The minimum Gasteiger partial charge on any atom is -0.461 e. The van der Waals surface area contributed by atoms with Crippen LogP contribution < -0.4 is 5.32 Å². The third kappa shape index (κ3) is 8.00. The number of nitrogens with one attached hydrogen (secondary N) is 1. The first-order valence-corrected chi connectivity index (χ1v) is 10.1. The Kier molecular flexibility index (Phi) is 9.25. The van der Waals surface area contributed by atoms with Crippen molar-refractivity contribution < 1.29 is 9.53 Å². The van der Waals surface area contributed by atoms with Gasteiger partial charge in [-0.2, -0.15) is 0 Å². The summed E-state index contributed by atoms with van der Waals surface area (Å²) in [4.78, 5) is 17.5. The zero-order valence-corrected chi connectivity index (χ0v) is 18.0. The third-order valence-electron chi connectivity index (χ3n) is 4.27. The molecule has 0 aliphatic carbocycles. The number of hydrogen-bond acceptors (Lipinski definition) is 4. The molecule has 1 atom stereocenters. The predicted molar refractivity (Wildman–Crippen MR) is 123 cm³/mol. The Balaban J connectivity index is 2.03. The number of carbonyl (C=O) groups is 1. The van der Waals surface area contributed by atoms with E-state index >= 15 is 0 Å². The van der Waals surface area contributed by atoms with Crippen molar-refractivity contribution >= 4 is 28.9 Å². The molecular weight excluding hydrogens is 380 g/mol. The quantitative estimate of drug-likeness (QED) is 0.321. The molecule has 2 rings (SSSR count). The van der Waals surface area contributed by atoms with Crippen molar-refractivity contribution in [1.29, 1.82) is 0 Å². The number of rotatable bonds is 9. The van der Waals surface area contributed by atoms with Crippen molar-refractivity contribution in [3.63, 3.8) is 0 Å². The van der Waals surface area contributed by atoms with E-state index in [1.165, 1.54) is 11.1 Å². The summed E-state index contributed by atoms with van der Waals surface area (Å²) < 4.78 is 5.52. The first-order valence-electron chi connectivity index (χ1n) is 9.70. The van der Waals surface area contributed by atoms with Gasteiger partial charge in [0.05, 0.1) is 5.69 Å². The van der Waals surface area contributed by atoms with Gasteiger partial charge in [0, 0.05) is 11.9 Å². The van der Waals surface area contributed by atoms with Gasteiger partial charge in [0.1, 0.15) is 17.5 Å². The van der Waals surface area contributed by atoms with Crippen LogP contribution in [0, 0.1) is 0 Å². The number of esters is 1. The van der Waals surface area contributed by atoms with Gasteiger partial charge in [-0.15, -0.1) is 0 Å². The lowest BCUT2D eigenvalue weighted by Crippen LogP contribution is -2.28. The Labute approximate surface area is 178 Å². The first kappa shape index (κ1) is 22.5. The van der Waals surface area contributed by atoms with E-state index in [-0.39, 0.29) is 6.61 Å². The molecule has 4 nitrogen and oxygen atoms in total. The number of pyridine rings is 1. The minimum absolute atomic E-state index is 0.219. The van der Waals surface area contributed by atoms with E-state index in [1.807, 2.05) is 49.4 Å². The Bertz CT molecular complexity index is 857. The number of ether oxygens (including phenoxy) is 1. The van der Waals surface area contributed by atoms with Crippen molar-refractivity contribution in [2.24, 2.45) is 0 Å². The molecule has 0 spiro atoms. The second kappa shape index (κ2) is 11.9. The molecule has 152 valence electrons. The van der Waals surface area contributed by atoms with E-state index in [4.69, 9.17) is 17.0 Å². The molecule has 1 aromatic heterocycles. The van der Waals surface area contributed by atoms with Gasteiger partial charge in [-0.05, 0) is 64.0 Å². The van der Waals surface area contributed by atoms with Crippen LogP contribution in [0.2, 0.25) is 0 Å². The van der Waals surface area contributed by atoms with Crippen LogP contribution in [0.4, 0.5) is 5.69 Å². The van der Waals surface area contributed by atoms with E-state index in [9.17, 15) is 4.79 Å². The Morgan fingerprint density at radius 2 is 1.83 bits per heavy atom. The van der Waals surface area contributed by atoms with Gasteiger partial charge in [0.15, 0.2) is 0 Å². The largest absolute Gasteiger partial charge is 0.461 e. The predicted octanol–water partition coefficient (Wildman–Crippen LogP) is 5.84. The molecule has 1 heterocycles. The number of nitrogens with zero attached hydrogens (tertiary/aromatic N) is 1. The SMILES string of the molecule is CC(C)=CCCC(C)=CCOC(=O)C(C(=S)Nc1ccccc1)c1ccccn1. The number of thiocarbonyl (C=S) groups is 1. The van der Waals surface area contributed by atoms with E-state index in [0.29, 0.717) is 10.7 Å². The van der Waals surface area contributed by atoms with E-state index < -0.39 is 11.9 Å². The topological polar surface area (TPSA) is 51.2 Å². The van der Waals surface area contributed by atoms with Crippen LogP contribution in [0.5, 0.6) is 0 Å². The fraction of sp³-hybridized carbons (Fsp3) is 0.292. The molecule has 0 bridgehead atoms. The van der Waals surface area contributed by atoms with Crippen LogP contribution in [0.15, 0.2) is 78.0 Å². The zero-order chi connectivity index (χ0) is 21.1. The highest BCUT2D eigenvalue weighted by Crippen LogP contribution is 2.20. The summed E-state index contributed by atoms with van der Waals surface area (Å²) in [6.07, 6.45) is 7.72. The molecule has 29 heavy (non-hydrogen) atoms. The fourth-order valence-corrected chi connectivity index (χ4v) is 3.02. The number of allylic oxidation sites excluding steroid dienone is 3. The van der Waals surface area contributed by atoms with Crippen LogP contribution in [0.25, 0.3) is 0 Å². The highest BCUT2D eigenvalue weighted by atomic mass is 32.1. The minimum atomic E-state index is -0.759. The first-order chi connectivity index (χ1) is 14.0. The van der Waals surface area contributed by atoms with Crippen molar-refractivity contribution in [2.75, 3.05) is 11.9 Å². The van der Waals surface area contributed by atoms with Crippen molar-refractivity contribution in [3.8, 4) is 0 Å². The summed E-state index contributed by atoms with van der Waals surface area (Å²) >= 11 is 5.53. The molecule has 0 aliphatic rings. The van der Waals surface area contributed by atoms with Gasteiger partial charge in [0.2, 0.25) is 0 Å². The van der Waals surface area contributed by atoms with Crippen LogP contribution in [-0.2, 0) is 9.53 Å². The lowest BCUT2D eigenvalue weighted by atomic mass is 10.0. The zero-order valence-electron chi connectivity index (χ0n) is 17.2. The molecule has 1 N–H and O–H groups in total. The average molecular weight is 409 g/mol. The highest BCUT2D eigenvalue weighted by Gasteiger charge is 2.28. The maximum absolute atomic E-state index is 12.8. The number of hydrogen-bond donors (Lipinski definition) is 1. The third-order valence-corrected chi connectivity index (χ3v) is 4.61. The fourth-order valence-electron chi connectivity index (χ4n) is 2.68. The van der Waals surface area contributed by atoms with Crippen LogP contribution in [0.3, 0.4) is 0 Å². The monoisotopic (exact) mass is 408 g/mol. The van der Waals surface area contributed by atoms with Crippen LogP contribution in [-0.4, -0.2) is 22.5 Å². The lowest BCUT2D eigenvalue weighted by molar-refractivity contribution is -0.142. The molecule has 0 saturated carbocycles. The Morgan fingerprint density at radius 1 is 1.10 bits per heavy atom. The smallest absolute Gasteiger partial charge is 0.322 e. The number of anilines is 1. The van der Waals surface area contributed by atoms with E-state index in [1.54, 1.807) is 18.3 Å². The molecule has 0 saturated heterocycles. The lowest BCUT2D eigenvalue weighted by Gasteiger charge is -2.18. The summed E-state index contributed by atoms with van der Waals surface area (Å²) in [6, 6.07) is 14.9. The molecule has 0 radical (unpaired) electrons. The van der Waals surface area contributed by atoms with E-state index in [0.717, 1.165) is 18.5 Å². The maximum Gasteiger partial charge on any atom is 0.322 e. The van der Waals surface area contributed by atoms with E-state index in [2.05, 4.69) is 30.2 Å². The van der Waals surface area contributed by atoms with Gasteiger partial charge < -0.3 is 10.1 Å². The Hall–Kier alpha value is -2.79. The Morgan fingerprint density at radius 3 is 2.48 bits per heavy atom. The number of benzene rings is 1. The summed E-state index contributed by atoms with van der Waals surface area (Å²) in [7, 11) is 0. The molecule has 5 heteroatoms. The normalized spacial score (nSPS) is 12.0. The molecular formula is C24H28N2O2S. The molecule has 1 aromatic carbocycles. The number of aromatic nitrogens is 1. The van der Waals surface area contributed by atoms with Crippen LogP contribution >= 0.6 is 12.2 Å². The summed E-state index contributed by atoms with van der Waals surface area (Å²) in [5, 5.41) is 3.13. The average Bonchev–Trinajstić information content (AvgIpc) is 2.69. The molecule has 0 aliphatic heterocycles.